The number of hydrogen-bond acceptors (Lipinski definition) is 2. The minimum absolute atomic E-state index is 0.467. The van der Waals surface area contributed by atoms with Crippen LogP contribution in [0.1, 0.15) is 104 Å². The summed E-state index contributed by atoms with van der Waals surface area (Å²) in [4.78, 5) is 4.48. The van der Waals surface area contributed by atoms with Gasteiger partial charge in [-0.3, -0.25) is 4.99 Å². The van der Waals surface area contributed by atoms with Crippen molar-refractivity contribution in [2.75, 3.05) is 13.1 Å². The third-order valence-electron chi connectivity index (χ3n) is 5.03. The molecule has 0 saturated carbocycles. The molecule has 1 N–H and O–H groups in total. The molecule has 0 radical (unpaired) electrons. The van der Waals surface area contributed by atoms with Gasteiger partial charge >= 0.3 is 0 Å². The Morgan fingerprint density at radius 2 is 1.42 bits per heavy atom. The van der Waals surface area contributed by atoms with E-state index in [1.165, 1.54) is 95.7 Å². The number of unbranched alkanes of at least 4 members (excludes halogenated alkanes) is 13. The molecule has 1 heterocycles. The van der Waals surface area contributed by atoms with Crippen molar-refractivity contribution < 1.29 is 0 Å². The molecular weight excluding hydrogens is 292 g/mol. The maximum atomic E-state index is 4.48. The molecule has 0 fully saturated rings. The van der Waals surface area contributed by atoms with Crippen molar-refractivity contribution in [1.82, 2.24) is 5.32 Å². The van der Waals surface area contributed by atoms with E-state index in [2.05, 4.69) is 36.3 Å². The van der Waals surface area contributed by atoms with E-state index in [9.17, 15) is 0 Å². The molecule has 0 aromatic rings. The molecule has 0 spiro atoms. The molecule has 2 nitrogen and oxygen atoms in total. The van der Waals surface area contributed by atoms with Crippen LogP contribution in [0.4, 0.5) is 0 Å². The molecule has 1 atom stereocenters. The minimum Gasteiger partial charge on any atom is -0.371 e. The highest BCUT2D eigenvalue weighted by Crippen LogP contribution is 2.13. The molecule has 0 saturated heterocycles. The Balaban J connectivity index is 1.77. The summed E-state index contributed by atoms with van der Waals surface area (Å²) in [5.41, 5.74) is 0. The summed E-state index contributed by atoms with van der Waals surface area (Å²) in [6, 6.07) is 0. The van der Waals surface area contributed by atoms with Crippen molar-refractivity contribution in [2.45, 2.75) is 104 Å². The van der Waals surface area contributed by atoms with Crippen LogP contribution in [-0.4, -0.2) is 18.9 Å². The highest BCUT2D eigenvalue weighted by atomic mass is 15.1. The molecule has 1 aliphatic heterocycles. The normalized spacial score (nSPS) is 15.7. The van der Waals surface area contributed by atoms with Gasteiger partial charge in [0.25, 0.3) is 0 Å². The lowest BCUT2D eigenvalue weighted by atomic mass is 10.0. The van der Waals surface area contributed by atoms with Crippen LogP contribution < -0.4 is 5.32 Å². The first-order valence-electron chi connectivity index (χ1n) is 10.8. The topological polar surface area (TPSA) is 24.4 Å². The monoisotopic (exact) mass is 334 g/mol. The lowest BCUT2D eigenvalue weighted by molar-refractivity contribution is 0.540. The molecular formula is C22H42N2. The van der Waals surface area contributed by atoms with Gasteiger partial charge < -0.3 is 5.32 Å². The second-order valence-electron chi connectivity index (χ2n) is 7.44. The molecule has 24 heavy (non-hydrogen) atoms. The zero-order valence-electron chi connectivity index (χ0n) is 16.5. The first-order valence-corrected chi connectivity index (χ1v) is 10.8. The largest absolute Gasteiger partial charge is 0.371 e. The molecule has 0 amide bonds. The average molecular weight is 335 g/mol. The van der Waals surface area contributed by atoms with Crippen LogP contribution in [0.5, 0.6) is 0 Å². The molecule has 1 rings (SSSR count). The van der Waals surface area contributed by atoms with E-state index in [-0.39, 0.29) is 0 Å². The van der Waals surface area contributed by atoms with Crippen molar-refractivity contribution in [3.05, 3.63) is 12.2 Å². The second kappa shape index (κ2) is 15.7. The van der Waals surface area contributed by atoms with E-state index in [0.29, 0.717) is 5.92 Å². The number of nitrogens with zero attached hydrogens (tertiary/aromatic N) is 1. The van der Waals surface area contributed by atoms with Crippen molar-refractivity contribution in [1.29, 1.82) is 0 Å². The van der Waals surface area contributed by atoms with Gasteiger partial charge in [-0.25, -0.2) is 0 Å². The van der Waals surface area contributed by atoms with Crippen LogP contribution in [0.15, 0.2) is 17.1 Å². The molecule has 1 unspecified atom stereocenters. The number of nitrogens with one attached hydrogen (secondary N) is 1. The fraction of sp³-hybridized carbons (Fsp3) is 0.864. The highest BCUT2D eigenvalue weighted by molar-refractivity contribution is 5.86. The Morgan fingerprint density at radius 3 is 1.92 bits per heavy atom. The van der Waals surface area contributed by atoms with Gasteiger partial charge in [-0.15, -0.1) is 0 Å². The predicted octanol–water partition coefficient (Wildman–Crippen LogP) is 6.66. The van der Waals surface area contributed by atoms with Gasteiger partial charge in [0.15, 0.2) is 0 Å². The Hall–Kier alpha value is -0.790. The van der Waals surface area contributed by atoms with Gasteiger partial charge in [-0.05, 0) is 12.8 Å². The van der Waals surface area contributed by atoms with Crippen LogP contribution in [0, 0.1) is 5.92 Å². The van der Waals surface area contributed by atoms with Gasteiger partial charge in [-0.2, -0.15) is 0 Å². The summed E-state index contributed by atoms with van der Waals surface area (Å²) in [7, 11) is 0. The first-order chi connectivity index (χ1) is 11.8. The zero-order chi connectivity index (χ0) is 17.3. The molecule has 1 aliphatic rings. The fourth-order valence-corrected chi connectivity index (χ4v) is 3.39. The molecule has 140 valence electrons. The minimum atomic E-state index is 0.467. The quantitative estimate of drug-likeness (QED) is 0.247. The second-order valence-corrected chi connectivity index (χ2v) is 7.44. The Labute approximate surface area is 151 Å². The van der Waals surface area contributed by atoms with Crippen LogP contribution in [0.3, 0.4) is 0 Å². The number of amidine groups is 1. The van der Waals surface area contributed by atoms with Crippen LogP contribution in [0.2, 0.25) is 0 Å². The lowest BCUT2D eigenvalue weighted by Crippen LogP contribution is -2.23. The summed E-state index contributed by atoms with van der Waals surface area (Å²) < 4.78 is 0. The zero-order valence-corrected chi connectivity index (χ0v) is 16.5. The van der Waals surface area contributed by atoms with Gasteiger partial charge in [0.1, 0.15) is 5.84 Å². The maximum absolute atomic E-state index is 4.48. The van der Waals surface area contributed by atoms with Gasteiger partial charge in [0, 0.05) is 12.5 Å². The van der Waals surface area contributed by atoms with E-state index in [1.54, 1.807) is 0 Å². The van der Waals surface area contributed by atoms with Crippen LogP contribution in [0.25, 0.3) is 0 Å². The van der Waals surface area contributed by atoms with Crippen LogP contribution >= 0.6 is 0 Å². The van der Waals surface area contributed by atoms with Gasteiger partial charge in [0.2, 0.25) is 0 Å². The fourth-order valence-electron chi connectivity index (χ4n) is 3.39. The van der Waals surface area contributed by atoms with E-state index < -0.39 is 0 Å². The predicted molar refractivity (Wildman–Crippen MR) is 109 cm³/mol. The SMILES string of the molecule is CCCCCCCCCCCCCCCC=CC(C)C1=NCCN1. The van der Waals surface area contributed by atoms with E-state index >= 15 is 0 Å². The summed E-state index contributed by atoms with van der Waals surface area (Å²) >= 11 is 0. The number of rotatable bonds is 16. The number of hydrogen-bond donors (Lipinski definition) is 1. The van der Waals surface area contributed by atoms with Crippen molar-refractivity contribution in [3.8, 4) is 0 Å². The van der Waals surface area contributed by atoms with Crippen LogP contribution in [-0.2, 0) is 0 Å². The third-order valence-corrected chi connectivity index (χ3v) is 5.03. The third kappa shape index (κ3) is 11.7. The number of allylic oxidation sites excluding steroid dienone is 1. The first kappa shape index (κ1) is 21.3. The van der Waals surface area contributed by atoms with E-state index in [1.807, 2.05) is 0 Å². The number of aliphatic imine (C=N–C) groups is 1. The molecule has 2 heteroatoms. The highest BCUT2D eigenvalue weighted by Gasteiger charge is 2.09. The van der Waals surface area contributed by atoms with E-state index in [0.717, 1.165) is 13.1 Å². The summed E-state index contributed by atoms with van der Waals surface area (Å²) in [5, 5.41) is 3.36. The Kier molecular flexibility index (Phi) is 13.9. The average Bonchev–Trinajstić information content (AvgIpc) is 3.13. The summed E-state index contributed by atoms with van der Waals surface area (Å²) in [6.07, 6.45) is 24.5. The lowest BCUT2D eigenvalue weighted by Gasteiger charge is -2.06. The Morgan fingerprint density at radius 1 is 0.875 bits per heavy atom. The molecule has 0 aliphatic carbocycles. The summed E-state index contributed by atoms with van der Waals surface area (Å²) in [5.74, 6) is 1.64. The molecule has 0 bridgehead atoms. The molecule has 0 aromatic heterocycles. The summed E-state index contributed by atoms with van der Waals surface area (Å²) in [6.45, 7) is 6.50. The van der Waals surface area contributed by atoms with Crippen molar-refractivity contribution in [3.63, 3.8) is 0 Å². The Bertz CT molecular complexity index is 333. The van der Waals surface area contributed by atoms with Crippen molar-refractivity contribution in [2.24, 2.45) is 10.9 Å². The van der Waals surface area contributed by atoms with Crippen molar-refractivity contribution >= 4 is 5.84 Å². The smallest absolute Gasteiger partial charge is 0.103 e. The molecule has 0 aromatic carbocycles. The van der Waals surface area contributed by atoms with Gasteiger partial charge in [-0.1, -0.05) is 103 Å². The van der Waals surface area contributed by atoms with Gasteiger partial charge in [0.05, 0.1) is 6.54 Å². The van der Waals surface area contributed by atoms with E-state index in [4.69, 9.17) is 0 Å². The maximum Gasteiger partial charge on any atom is 0.103 e. The standard InChI is InChI=1S/C22H42N2/c1-3-4-5-6-7-8-9-10-11-12-13-14-15-16-17-18-21(2)22-23-19-20-24-22/h17-18,21H,3-16,19-20H2,1-2H3,(H,23,24).